The van der Waals surface area contributed by atoms with Crippen molar-refractivity contribution in [3.05, 3.63) is 47.7 Å². The molecule has 104 valence electrons. The molecule has 0 aliphatic rings. The summed E-state index contributed by atoms with van der Waals surface area (Å²) in [7, 11) is 1.37. The number of nitrogens with zero attached hydrogens (tertiary/aromatic N) is 1. The number of pyridine rings is 1. The van der Waals surface area contributed by atoms with Crippen molar-refractivity contribution in [3.63, 3.8) is 0 Å². The molecule has 2 rings (SSSR count). The molecule has 0 fully saturated rings. The van der Waals surface area contributed by atoms with Gasteiger partial charge in [-0.25, -0.2) is 13.8 Å². The topological polar surface area (TPSA) is 77.2 Å². The average molecular weight is 279 g/mol. The van der Waals surface area contributed by atoms with E-state index in [1.165, 1.54) is 19.2 Å². The predicted molar refractivity (Wildman–Crippen MR) is 68.9 cm³/mol. The van der Waals surface area contributed by atoms with E-state index in [0.29, 0.717) is 0 Å². The van der Waals surface area contributed by atoms with Crippen LogP contribution in [0.5, 0.6) is 5.75 Å². The van der Waals surface area contributed by atoms with Crippen LogP contribution in [0.2, 0.25) is 0 Å². The van der Waals surface area contributed by atoms with Gasteiger partial charge in [0.15, 0.2) is 5.69 Å². The Bertz CT molecular complexity index is 642. The molecule has 5 nitrogen and oxygen atoms in total. The molecule has 1 aromatic heterocycles. The second-order valence-corrected chi connectivity index (χ2v) is 3.89. The Morgan fingerprint density at radius 3 is 2.45 bits per heavy atom. The Labute approximate surface area is 113 Å². The number of nitrogens with one attached hydrogen (secondary N) is 1. The summed E-state index contributed by atoms with van der Waals surface area (Å²) >= 11 is 0. The monoisotopic (exact) mass is 279 g/mol. The molecule has 0 atom stereocenters. The first-order valence-corrected chi connectivity index (χ1v) is 5.57. The smallest absolute Gasteiger partial charge is 0.271 e. The largest absolute Gasteiger partial charge is 0.494 e. The van der Waals surface area contributed by atoms with Gasteiger partial charge in [-0.05, 0) is 24.3 Å². The number of ether oxygens (including phenoxy) is 1. The summed E-state index contributed by atoms with van der Waals surface area (Å²) in [6, 6.07) is 5.92. The molecule has 1 heterocycles. The molecule has 0 aliphatic heterocycles. The number of primary amides is 1. The van der Waals surface area contributed by atoms with Gasteiger partial charge < -0.3 is 15.8 Å². The zero-order valence-corrected chi connectivity index (χ0v) is 10.5. The number of carbonyl (C=O) groups is 1. The molecule has 0 aliphatic carbocycles. The predicted octanol–water partition coefficient (Wildman–Crippen LogP) is 2.21. The fraction of sp³-hybridized carbons (Fsp3) is 0.0769. The highest BCUT2D eigenvalue weighted by atomic mass is 19.1. The first-order chi connectivity index (χ1) is 9.49. The Morgan fingerprint density at radius 2 is 1.90 bits per heavy atom. The Hall–Kier alpha value is -2.70. The van der Waals surface area contributed by atoms with Gasteiger partial charge in [-0.2, -0.15) is 0 Å². The lowest BCUT2D eigenvalue weighted by atomic mass is 10.2. The van der Waals surface area contributed by atoms with E-state index in [-0.39, 0.29) is 22.9 Å². The van der Waals surface area contributed by atoms with Crippen LogP contribution in [0.15, 0.2) is 30.3 Å². The highest BCUT2D eigenvalue weighted by molar-refractivity contribution is 5.94. The minimum atomic E-state index is -0.768. The molecule has 0 spiro atoms. The lowest BCUT2D eigenvalue weighted by Gasteiger charge is -2.09. The minimum Gasteiger partial charge on any atom is -0.494 e. The average Bonchev–Trinajstić information content (AvgIpc) is 2.37. The van der Waals surface area contributed by atoms with E-state index in [0.717, 1.165) is 18.2 Å². The molecule has 0 saturated heterocycles. The summed E-state index contributed by atoms with van der Waals surface area (Å²) in [4.78, 5) is 15.2. The molecule has 20 heavy (non-hydrogen) atoms. The van der Waals surface area contributed by atoms with Gasteiger partial charge in [0.25, 0.3) is 5.91 Å². The summed E-state index contributed by atoms with van der Waals surface area (Å²) in [6.45, 7) is 0. The van der Waals surface area contributed by atoms with E-state index < -0.39 is 17.5 Å². The summed E-state index contributed by atoms with van der Waals surface area (Å²) < 4.78 is 31.1. The van der Waals surface area contributed by atoms with Crippen molar-refractivity contribution < 1.29 is 18.3 Å². The first-order valence-electron chi connectivity index (χ1n) is 5.57. The van der Waals surface area contributed by atoms with Gasteiger partial charge in [-0.3, -0.25) is 4.79 Å². The van der Waals surface area contributed by atoms with E-state index in [9.17, 15) is 13.6 Å². The normalized spacial score (nSPS) is 10.2. The summed E-state index contributed by atoms with van der Waals surface area (Å²) in [5.41, 5.74) is 5.26. The zero-order chi connectivity index (χ0) is 14.7. The third-order valence-corrected chi connectivity index (χ3v) is 2.45. The second-order valence-electron chi connectivity index (χ2n) is 3.89. The standard InChI is InChI=1S/C13H11F2N3O2/c1-20-10-2-3-11(18-12(10)13(16)19)17-9-5-7(14)4-8(15)6-9/h2-6H,1H3,(H2,16,19)(H,17,18). The molecule has 1 aromatic carbocycles. The van der Waals surface area contributed by atoms with Crippen molar-refractivity contribution in [1.29, 1.82) is 0 Å². The number of aromatic nitrogens is 1. The number of carbonyl (C=O) groups excluding carboxylic acids is 1. The maximum atomic E-state index is 13.1. The number of amides is 1. The number of hydrogen-bond acceptors (Lipinski definition) is 4. The number of nitrogens with two attached hydrogens (primary N) is 1. The Kier molecular flexibility index (Phi) is 3.79. The fourth-order valence-electron chi connectivity index (χ4n) is 1.63. The molecular formula is C13H11F2N3O2. The van der Waals surface area contributed by atoms with Crippen molar-refractivity contribution in [1.82, 2.24) is 4.98 Å². The highest BCUT2D eigenvalue weighted by Crippen LogP contribution is 2.22. The van der Waals surface area contributed by atoms with Crippen molar-refractivity contribution in [2.24, 2.45) is 5.73 Å². The molecule has 7 heteroatoms. The highest BCUT2D eigenvalue weighted by Gasteiger charge is 2.12. The molecular weight excluding hydrogens is 268 g/mol. The van der Waals surface area contributed by atoms with E-state index in [2.05, 4.69) is 10.3 Å². The molecule has 0 saturated carbocycles. The van der Waals surface area contributed by atoms with Crippen LogP contribution in [-0.4, -0.2) is 18.0 Å². The van der Waals surface area contributed by atoms with Gasteiger partial charge in [0, 0.05) is 11.8 Å². The number of anilines is 2. The van der Waals surface area contributed by atoms with Crippen molar-refractivity contribution in [2.75, 3.05) is 12.4 Å². The van der Waals surface area contributed by atoms with Crippen LogP contribution in [0.1, 0.15) is 10.5 Å². The second kappa shape index (κ2) is 5.52. The number of halogens is 2. The van der Waals surface area contributed by atoms with Crippen LogP contribution in [0, 0.1) is 11.6 Å². The summed E-state index contributed by atoms with van der Waals surface area (Å²) in [5.74, 6) is -1.79. The van der Waals surface area contributed by atoms with E-state index in [4.69, 9.17) is 10.5 Å². The minimum absolute atomic E-state index is 0.0747. The van der Waals surface area contributed by atoms with Crippen LogP contribution in [0.3, 0.4) is 0 Å². The number of rotatable bonds is 4. The zero-order valence-electron chi connectivity index (χ0n) is 10.5. The number of methoxy groups -OCH3 is 1. The van der Waals surface area contributed by atoms with Crippen molar-refractivity contribution in [3.8, 4) is 5.75 Å². The van der Waals surface area contributed by atoms with Crippen molar-refractivity contribution >= 4 is 17.4 Å². The molecule has 0 bridgehead atoms. The van der Waals surface area contributed by atoms with Gasteiger partial charge in [0.2, 0.25) is 0 Å². The molecule has 0 radical (unpaired) electrons. The Balaban J connectivity index is 2.34. The molecule has 0 unspecified atom stereocenters. The molecule has 3 N–H and O–H groups in total. The van der Waals surface area contributed by atoms with Gasteiger partial charge in [-0.1, -0.05) is 0 Å². The number of hydrogen-bond donors (Lipinski definition) is 2. The number of benzene rings is 1. The van der Waals surface area contributed by atoms with Crippen LogP contribution in [0.4, 0.5) is 20.3 Å². The molecule has 1 amide bonds. The van der Waals surface area contributed by atoms with Crippen LogP contribution in [0.25, 0.3) is 0 Å². The summed E-state index contributed by atoms with van der Waals surface area (Å²) in [5, 5.41) is 2.68. The van der Waals surface area contributed by atoms with Crippen LogP contribution in [-0.2, 0) is 0 Å². The maximum Gasteiger partial charge on any atom is 0.271 e. The maximum absolute atomic E-state index is 13.1. The van der Waals surface area contributed by atoms with E-state index in [1.807, 2.05) is 0 Å². The SMILES string of the molecule is COc1ccc(Nc2cc(F)cc(F)c2)nc1C(N)=O. The first kappa shape index (κ1) is 13.7. The van der Waals surface area contributed by atoms with Gasteiger partial charge in [0.05, 0.1) is 7.11 Å². The van der Waals surface area contributed by atoms with Gasteiger partial charge in [-0.15, -0.1) is 0 Å². The lowest BCUT2D eigenvalue weighted by Crippen LogP contribution is -2.15. The molecule has 2 aromatic rings. The van der Waals surface area contributed by atoms with Gasteiger partial charge >= 0.3 is 0 Å². The quantitative estimate of drug-likeness (QED) is 0.899. The third kappa shape index (κ3) is 3.00. The fourth-order valence-corrected chi connectivity index (χ4v) is 1.63. The van der Waals surface area contributed by atoms with Crippen molar-refractivity contribution in [2.45, 2.75) is 0 Å². The van der Waals surface area contributed by atoms with Crippen LogP contribution >= 0.6 is 0 Å². The van der Waals surface area contributed by atoms with E-state index in [1.54, 1.807) is 0 Å². The van der Waals surface area contributed by atoms with Gasteiger partial charge in [0.1, 0.15) is 23.2 Å². The third-order valence-electron chi connectivity index (χ3n) is 2.45. The van der Waals surface area contributed by atoms with Crippen LogP contribution < -0.4 is 15.8 Å². The lowest BCUT2D eigenvalue weighted by molar-refractivity contribution is 0.0992. The Morgan fingerprint density at radius 1 is 1.25 bits per heavy atom. The van der Waals surface area contributed by atoms with E-state index >= 15 is 0 Å². The summed E-state index contributed by atoms with van der Waals surface area (Å²) in [6.07, 6.45) is 0.